The summed E-state index contributed by atoms with van der Waals surface area (Å²) < 4.78 is 33.3. The molecule has 0 unspecified atom stereocenters. The average Bonchev–Trinajstić information content (AvgIpc) is 2.75. The van der Waals surface area contributed by atoms with Gasteiger partial charge in [-0.25, -0.2) is 0 Å². The molecule has 0 radical (unpaired) electrons. The van der Waals surface area contributed by atoms with Crippen LogP contribution in [0.15, 0.2) is 82.0 Å². The molecule has 0 spiro atoms. The molecular weight excluding hydrogens is 449 g/mol. The van der Waals surface area contributed by atoms with Crippen molar-refractivity contribution in [2.45, 2.75) is 4.90 Å². The van der Waals surface area contributed by atoms with Gasteiger partial charge in [-0.3, -0.25) is 14.1 Å². The number of nitrogens with zero attached hydrogens (tertiary/aromatic N) is 3. The maximum Gasteiger partial charge on any atom is 1.00 e. The maximum atomic E-state index is 12.8. The van der Waals surface area contributed by atoms with Gasteiger partial charge >= 0.3 is 51.4 Å². The molecule has 3 aromatic rings. The number of carbonyl (C=O) groups excluding carboxylic acids is 2. The van der Waals surface area contributed by atoms with E-state index in [0.717, 1.165) is 12.1 Å². The van der Waals surface area contributed by atoms with Crippen molar-refractivity contribution >= 4 is 33.1 Å². The van der Waals surface area contributed by atoms with Gasteiger partial charge in [-0.05, 0) is 24.3 Å². The summed E-state index contributed by atoms with van der Waals surface area (Å²) in [5.41, 5.74) is -0.321. The summed E-state index contributed by atoms with van der Waals surface area (Å²) in [7, 11) is -4.84. The largest absolute Gasteiger partial charge is 1.00 e. The molecule has 0 heterocycles. The molecule has 0 aliphatic heterocycles. The number of ketones is 2. The molecule has 11 heteroatoms. The number of carbonyl (C=O) groups is 2. The molecule has 0 amide bonds. The number of hydrogen-bond donors (Lipinski definition) is 1. The SMILES string of the molecule is O=C1c2ccccc2C(=O)c2cc(S(=O)(=O)O)c(N=NN([O-])c3ccccc3)cc21.[K+]. The standard InChI is InChI=1S/C20H12N3O6S.K/c24-19-13-8-4-5-9-14(13)20(25)16-11-18(30(27,28)29)17(10-15(16)19)21-22-23(26)12-6-2-1-3-7-12;/h1-11H,(H,27,28,29);/q-1;+1. The Labute approximate surface area is 219 Å². The van der Waals surface area contributed by atoms with Gasteiger partial charge in [-0.15, -0.1) is 5.11 Å². The topological polar surface area (TPSA) is 140 Å². The second kappa shape index (κ2) is 9.18. The summed E-state index contributed by atoms with van der Waals surface area (Å²) >= 11 is 0. The van der Waals surface area contributed by atoms with Gasteiger partial charge in [0.15, 0.2) is 11.6 Å². The minimum atomic E-state index is -4.84. The number of benzene rings is 3. The van der Waals surface area contributed by atoms with Gasteiger partial charge in [-0.1, -0.05) is 47.7 Å². The predicted octanol–water partition coefficient (Wildman–Crippen LogP) is 0.716. The maximum absolute atomic E-state index is 12.8. The first kappa shape index (κ1) is 23.6. The zero-order chi connectivity index (χ0) is 21.5. The monoisotopic (exact) mass is 461 g/mol. The van der Waals surface area contributed by atoms with Crippen molar-refractivity contribution in [3.8, 4) is 0 Å². The van der Waals surface area contributed by atoms with Crippen LogP contribution in [0.25, 0.3) is 0 Å². The molecule has 150 valence electrons. The Kier molecular flexibility index (Phi) is 6.98. The van der Waals surface area contributed by atoms with Crippen LogP contribution in [0.3, 0.4) is 0 Å². The summed E-state index contributed by atoms with van der Waals surface area (Å²) in [4.78, 5) is 24.8. The van der Waals surface area contributed by atoms with Crippen molar-refractivity contribution in [3.05, 3.63) is 94.2 Å². The average molecular weight is 461 g/mol. The first-order valence-electron chi connectivity index (χ1n) is 8.55. The van der Waals surface area contributed by atoms with Crippen LogP contribution in [0.2, 0.25) is 0 Å². The summed E-state index contributed by atoms with van der Waals surface area (Å²) in [5.74, 6) is -1.08. The molecule has 1 N–H and O–H groups in total. The number of anilines is 1. The third kappa shape index (κ3) is 4.59. The third-order valence-electron chi connectivity index (χ3n) is 4.49. The fourth-order valence-electron chi connectivity index (χ4n) is 3.09. The molecule has 9 nitrogen and oxygen atoms in total. The number of rotatable bonds is 4. The van der Waals surface area contributed by atoms with E-state index in [-0.39, 0.29) is 84.5 Å². The van der Waals surface area contributed by atoms with Crippen LogP contribution in [0.4, 0.5) is 11.4 Å². The van der Waals surface area contributed by atoms with E-state index in [4.69, 9.17) is 0 Å². The Balaban J connectivity index is 0.00000272. The van der Waals surface area contributed by atoms with E-state index >= 15 is 0 Å². The smallest absolute Gasteiger partial charge is 0.736 e. The third-order valence-corrected chi connectivity index (χ3v) is 5.38. The second-order valence-electron chi connectivity index (χ2n) is 6.34. The molecule has 0 aromatic heterocycles. The van der Waals surface area contributed by atoms with Gasteiger partial charge in [0, 0.05) is 27.9 Å². The molecule has 0 saturated carbocycles. The number of fused-ring (bicyclic) bond motifs is 2. The molecule has 0 saturated heterocycles. The molecule has 0 bridgehead atoms. The van der Waals surface area contributed by atoms with Gasteiger partial charge in [0.2, 0.25) is 0 Å². The molecular formula is C20H12KN3O6S. The first-order valence-corrected chi connectivity index (χ1v) is 9.99. The molecule has 0 fully saturated rings. The van der Waals surface area contributed by atoms with Crippen LogP contribution >= 0.6 is 0 Å². The molecule has 4 rings (SSSR count). The van der Waals surface area contributed by atoms with Gasteiger partial charge in [0.25, 0.3) is 10.1 Å². The summed E-state index contributed by atoms with van der Waals surface area (Å²) in [6.45, 7) is 0. The quantitative estimate of drug-likeness (QED) is 0.204. The van der Waals surface area contributed by atoms with E-state index in [1.807, 2.05) is 0 Å². The van der Waals surface area contributed by atoms with Gasteiger partial charge in [-0.2, -0.15) is 8.42 Å². The summed E-state index contributed by atoms with van der Waals surface area (Å²) in [6.07, 6.45) is 0. The van der Waals surface area contributed by atoms with Crippen molar-refractivity contribution in [1.82, 2.24) is 0 Å². The van der Waals surface area contributed by atoms with Crippen molar-refractivity contribution in [3.63, 3.8) is 0 Å². The van der Waals surface area contributed by atoms with Crippen LogP contribution in [0.5, 0.6) is 0 Å². The Morgan fingerprint density at radius 3 is 1.87 bits per heavy atom. The Morgan fingerprint density at radius 2 is 1.32 bits per heavy atom. The van der Waals surface area contributed by atoms with Crippen LogP contribution in [0, 0.1) is 5.21 Å². The van der Waals surface area contributed by atoms with E-state index in [9.17, 15) is 27.8 Å². The fourth-order valence-corrected chi connectivity index (χ4v) is 3.72. The number of para-hydroxylation sites is 1. The van der Waals surface area contributed by atoms with Crippen molar-refractivity contribution in [2.24, 2.45) is 10.3 Å². The van der Waals surface area contributed by atoms with E-state index in [1.165, 1.54) is 24.3 Å². The minimum absolute atomic E-state index is 0. The molecule has 1 aliphatic carbocycles. The zero-order valence-electron chi connectivity index (χ0n) is 16.1. The van der Waals surface area contributed by atoms with Crippen LogP contribution < -0.4 is 56.6 Å². The van der Waals surface area contributed by atoms with Crippen LogP contribution in [-0.2, 0) is 10.1 Å². The van der Waals surface area contributed by atoms with Crippen molar-refractivity contribution < 1.29 is 73.9 Å². The second-order valence-corrected chi connectivity index (χ2v) is 7.73. The van der Waals surface area contributed by atoms with Gasteiger partial charge in [0.05, 0.1) is 0 Å². The minimum Gasteiger partial charge on any atom is -0.736 e. The van der Waals surface area contributed by atoms with Crippen molar-refractivity contribution in [2.75, 3.05) is 5.17 Å². The molecule has 31 heavy (non-hydrogen) atoms. The van der Waals surface area contributed by atoms with E-state index < -0.39 is 32.3 Å². The van der Waals surface area contributed by atoms with E-state index in [0.29, 0.717) is 0 Å². The molecule has 3 aromatic carbocycles. The summed E-state index contributed by atoms with van der Waals surface area (Å²) in [5, 5.41) is 19.2. The van der Waals surface area contributed by atoms with E-state index in [1.54, 1.807) is 30.3 Å². The molecule has 0 atom stereocenters. The first-order chi connectivity index (χ1) is 14.3. The normalized spacial score (nSPS) is 12.8. The zero-order valence-corrected chi connectivity index (χ0v) is 20.0. The predicted molar refractivity (Wildman–Crippen MR) is 106 cm³/mol. The Hall–Kier alpha value is -2.09. The molecule has 1 aliphatic rings. The van der Waals surface area contributed by atoms with Crippen LogP contribution in [0.1, 0.15) is 31.8 Å². The van der Waals surface area contributed by atoms with Crippen molar-refractivity contribution in [1.29, 1.82) is 0 Å². The van der Waals surface area contributed by atoms with E-state index in [2.05, 4.69) is 10.3 Å². The Morgan fingerprint density at radius 1 is 0.806 bits per heavy atom. The summed E-state index contributed by atoms with van der Waals surface area (Å²) in [6, 6.07) is 15.8. The number of hydrogen-bond acceptors (Lipinski definition) is 7. The van der Waals surface area contributed by atoms with Gasteiger partial charge in [0.1, 0.15) is 10.6 Å². The van der Waals surface area contributed by atoms with Gasteiger partial charge < -0.3 is 10.4 Å². The Bertz CT molecular complexity index is 1330. The fraction of sp³-hybridized carbons (Fsp3) is 0. The van der Waals surface area contributed by atoms with Crippen LogP contribution in [-0.4, -0.2) is 24.5 Å².